The number of hydrogen-bond acceptors (Lipinski definition) is 4. The maximum absolute atomic E-state index is 10.7. The van der Waals surface area contributed by atoms with Gasteiger partial charge >= 0.3 is 0 Å². The van der Waals surface area contributed by atoms with Gasteiger partial charge in [0.25, 0.3) is 5.69 Å². The average molecular weight is 388 g/mol. The number of hydrogen-bond donors (Lipinski definition) is 2. The van der Waals surface area contributed by atoms with Gasteiger partial charge in [0.15, 0.2) is 0 Å². The van der Waals surface area contributed by atoms with E-state index in [1.54, 1.807) is 6.07 Å². The van der Waals surface area contributed by atoms with Crippen LogP contribution in [-0.2, 0) is 0 Å². The highest BCUT2D eigenvalue weighted by atomic mass is 79.9. The standard InChI is InChI=1S/C9H9Br2ClN2O3/c10-6-2-9(14(16)17)7(11)1-8(6)13-4-5(15)3-12/h1-2,5,13,15H,3-4H2. The summed E-state index contributed by atoms with van der Waals surface area (Å²) in [5.41, 5.74) is 0.618. The molecule has 1 aromatic rings. The van der Waals surface area contributed by atoms with Crippen molar-refractivity contribution in [1.82, 2.24) is 0 Å². The fraction of sp³-hybridized carbons (Fsp3) is 0.333. The van der Waals surface area contributed by atoms with Gasteiger partial charge in [-0.05, 0) is 37.9 Å². The second-order valence-corrected chi connectivity index (χ2v) is 5.25. The van der Waals surface area contributed by atoms with Gasteiger partial charge in [-0.3, -0.25) is 10.1 Å². The number of nitro benzene ring substituents is 1. The van der Waals surface area contributed by atoms with Gasteiger partial charge in [-0.25, -0.2) is 0 Å². The predicted octanol–water partition coefficient (Wildman–Crippen LogP) is 3.13. The molecule has 0 aromatic heterocycles. The van der Waals surface area contributed by atoms with Crippen LogP contribution in [-0.4, -0.2) is 28.6 Å². The Morgan fingerprint density at radius 3 is 2.65 bits per heavy atom. The summed E-state index contributed by atoms with van der Waals surface area (Å²) >= 11 is 11.8. The van der Waals surface area contributed by atoms with E-state index >= 15 is 0 Å². The van der Waals surface area contributed by atoms with Gasteiger partial charge < -0.3 is 10.4 Å². The van der Waals surface area contributed by atoms with Gasteiger partial charge in [0.2, 0.25) is 0 Å². The topological polar surface area (TPSA) is 75.4 Å². The van der Waals surface area contributed by atoms with Crippen LogP contribution in [0.5, 0.6) is 0 Å². The van der Waals surface area contributed by atoms with E-state index in [0.29, 0.717) is 14.6 Å². The number of rotatable bonds is 5. The molecule has 0 fully saturated rings. The molecule has 0 aliphatic carbocycles. The van der Waals surface area contributed by atoms with E-state index < -0.39 is 11.0 Å². The Morgan fingerprint density at radius 1 is 1.47 bits per heavy atom. The van der Waals surface area contributed by atoms with Crippen LogP contribution < -0.4 is 5.32 Å². The number of halogens is 3. The van der Waals surface area contributed by atoms with Crippen LogP contribution >= 0.6 is 43.5 Å². The van der Waals surface area contributed by atoms with Crippen molar-refractivity contribution in [2.45, 2.75) is 6.10 Å². The predicted molar refractivity (Wildman–Crippen MR) is 73.7 cm³/mol. The second-order valence-electron chi connectivity index (χ2n) is 3.23. The minimum atomic E-state index is -0.669. The third-order valence-electron chi connectivity index (χ3n) is 1.94. The summed E-state index contributed by atoms with van der Waals surface area (Å²) in [6.07, 6.45) is -0.669. The minimum Gasteiger partial charge on any atom is -0.390 e. The monoisotopic (exact) mass is 386 g/mol. The molecule has 0 saturated carbocycles. The van der Waals surface area contributed by atoms with Crippen molar-refractivity contribution >= 4 is 54.8 Å². The molecule has 1 rings (SSSR count). The zero-order chi connectivity index (χ0) is 13.0. The van der Waals surface area contributed by atoms with Crippen molar-refractivity contribution < 1.29 is 10.0 Å². The van der Waals surface area contributed by atoms with E-state index in [1.807, 2.05) is 0 Å². The average Bonchev–Trinajstić information content (AvgIpc) is 2.28. The highest BCUT2D eigenvalue weighted by Gasteiger charge is 2.15. The Kier molecular flexibility index (Phi) is 5.64. The minimum absolute atomic E-state index is 0.0275. The van der Waals surface area contributed by atoms with Gasteiger partial charge in [-0.1, -0.05) is 0 Å². The molecule has 5 nitrogen and oxygen atoms in total. The summed E-state index contributed by atoms with van der Waals surface area (Å²) in [7, 11) is 0. The maximum Gasteiger partial charge on any atom is 0.284 e. The molecule has 94 valence electrons. The lowest BCUT2D eigenvalue weighted by atomic mass is 10.2. The molecule has 17 heavy (non-hydrogen) atoms. The van der Waals surface area contributed by atoms with Crippen LogP contribution in [0.25, 0.3) is 0 Å². The highest BCUT2D eigenvalue weighted by molar-refractivity contribution is 9.11. The van der Waals surface area contributed by atoms with E-state index in [2.05, 4.69) is 37.2 Å². The molecule has 0 bridgehead atoms. The van der Waals surface area contributed by atoms with Crippen molar-refractivity contribution in [3.8, 4) is 0 Å². The SMILES string of the molecule is O=[N+]([O-])c1cc(Br)c(NCC(O)CCl)cc1Br. The van der Waals surface area contributed by atoms with Crippen LogP contribution in [0.4, 0.5) is 11.4 Å². The third-order valence-corrected chi connectivity index (χ3v) is 3.59. The number of benzene rings is 1. The van der Waals surface area contributed by atoms with Crippen LogP contribution in [0.15, 0.2) is 21.1 Å². The summed E-state index contributed by atoms with van der Waals surface area (Å²) in [4.78, 5) is 10.2. The molecule has 0 radical (unpaired) electrons. The van der Waals surface area contributed by atoms with Crippen molar-refractivity contribution in [2.24, 2.45) is 0 Å². The zero-order valence-electron chi connectivity index (χ0n) is 8.49. The smallest absolute Gasteiger partial charge is 0.284 e. The first kappa shape index (κ1) is 14.7. The first-order valence-electron chi connectivity index (χ1n) is 4.57. The molecule has 0 heterocycles. The molecule has 8 heteroatoms. The van der Waals surface area contributed by atoms with Crippen LogP contribution in [0.2, 0.25) is 0 Å². The number of nitro groups is 1. The molecule has 1 unspecified atom stereocenters. The Balaban J connectivity index is 2.88. The van der Waals surface area contributed by atoms with Crippen LogP contribution in [0, 0.1) is 10.1 Å². The largest absolute Gasteiger partial charge is 0.390 e. The molecular weight excluding hydrogens is 379 g/mol. The van der Waals surface area contributed by atoms with Crippen molar-refractivity contribution in [3.63, 3.8) is 0 Å². The van der Waals surface area contributed by atoms with Gasteiger partial charge in [-0.15, -0.1) is 11.6 Å². The summed E-state index contributed by atoms with van der Waals surface area (Å²) < 4.78 is 0.919. The van der Waals surface area contributed by atoms with Crippen molar-refractivity contribution in [2.75, 3.05) is 17.7 Å². The van der Waals surface area contributed by atoms with E-state index in [9.17, 15) is 15.2 Å². The van der Waals surface area contributed by atoms with Crippen molar-refractivity contribution in [1.29, 1.82) is 0 Å². The number of anilines is 1. The fourth-order valence-electron chi connectivity index (χ4n) is 1.09. The molecule has 1 aromatic carbocycles. The third kappa shape index (κ3) is 4.09. The van der Waals surface area contributed by atoms with Gasteiger partial charge in [0, 0.05) is 17.1 Å². The lowest BCUT2D eigenvalue weighted by molar-refractivity contribution is -0.385. The zero-order valence-corrected chi connectivity index (χ0v) is 12.4. The first-order valence-corrected chi connectivity index (χ1v) is 6.69. The normalized spacial score (nSPS) is 12.2. The molecular formula is C9H9Br2ClN2O3. The van der Waals surface area contributed by atoms with E-state index in [1.165, 1.54) is 6.07 Å². The number of nitrogens with zero attached hydrogens (tertiary/aromatic N) is 1. The Bertz CT molecular complexity index is 431. The van der Waals surface area contributed by atoms with E-state index in [0.717, 1.165) is 0 Å². The molecule has 0 aliphatic rings. The molecule has 0 spiro atoms. The second kappa shape index (κ2) is 6.53. The van der Waals surface area contributed by atoms with Crippen LogP contribution in [0.1, 0.15) is 0 Å². The lowest BCUT2D eigenvalue weighted by Gasteiger charge is -2.12. The Morgan fingerprint density at radius 2 is 2.12 bits per heavy atom. The highest BCUT2D eigenvalue weighted by Crippen LogP contribution is 2.34. The summed E-state index contributed by atoms with van der Waals surface area (Å²) in [5.74, 6) is 0.124. The summed E-state index contributed by atoms with van der Waals surface area (Å²) in [5, 5.41) is 22.9. The summed E-state index contributed by atoms with van der Waals surface area (Å²) in [6.45, 7) is 0.270. The number of nitrogens with one attached hydrogen (secondary N) is 1. The summed E-state index contributed by atoms with van der Waals surface area (Å²) in [6, 6.07) is 2.96. The van der Waals surface area contributed by atoms with E-state index in [-0.39, 0.29) is 18.1 Å². The molecule has 2 N–H and O–H groups in total. The number of alkyl halides is 1. The van der Waals surface area contributed by atoms with E-state index in [4.69, 9.17) is 11.6 Å². The van der Waals surface area contributed by atoms with Crippen molar-refractivity contribution in [3.05, 3.63) is 31.2 Å². The first-order chi connectivity index (χ1) is 7.95. The van der Waals surface area contributed by atoms with Gasteiger partial charge in [0.1, 0.15) is 0 Å². The van der Waals surface area contributed by atoms with Gasteiger partial charge in [-0.2, -0.15) is 0 Å². The quantitative estimate of drug-likeness (QED) is 0.462. The van der Waals surface area contributed by atoms with Gasteiger partial charge in [0.05, 0.1) is 27.1 Å². The molecule has 0 saturated heterocycles. The maximum atomic E-state index is 10.7. The molecule has 0 aliphatic heterocycles. The molecule has 1 atom stereocenters. The number of aliphatic hydroxyl groups is 1. The number of aliphatic hydroxyl groups excluding tert-OH is 1. The lowest BCUT2D eigenvalue weighted by Crippen LogP contribution is -2.20. The Hall–Kier alpha value is -0.370. The van der Waals surface area contributed by atoms with Crippen LogP contribution in [0.3, 0.4) is 0 Å². The fourth-order valence-corrected chi connectivity index (χ4v) is 2.16. The molecule has 0 amide bonds. The Labute approximate surface area is 120 Å².